The number of rotatable bonds is 7. The van der Waals surface area contributed by atoms with Crippen molar-refractivity contribution in [2.45, 2.75) is 45.3 Å². The smallest absolute Gasteiger partial charge is 0.267 e. The van der Waals surface area contributed by atoms with Gasteiger partial charge in [0.1, 0.15) is 11.3 Å². The van der Waals surface area contributed by atoms with E-state index in [1.807, 2.05) is 30.6 Å². The molecule has 4 rings (SSSR count). The lowest BCUT2D eigenvalue weighted by Gasteiger charge is -2.14. The standard InChI is InChI=1S/C22H27N7O2/c1-14(2)29-13-25-19-21(26-20(27-22(19)29)17-7-4-10-23-17)24-12-16-6-3-5-15(11-16)8-9-18(30)28-31/h3,5-6,8-9,11,13-14,17,23,31H,4,7,10,12H2,1-2H3,(H,28,30)(H,24,26,27)/b9-8+. The van der Waals surface area contributed by atoms with E-state index in [1.165, 1.54) is 6.08 Å². The van der Waals surface area contributed by atoms with Crippen LogP contribution in [0.3, 0.4) is 0 Å². The molecule has 9 heteroatoms. The Bertz CT molecular complexity index is 1100. The van der Waals surface area contributed by atoms with Crippen molar-refractivity contribution in [3.8, 4) is 0 Å². The topological polar surface area (TPSA) is 117 Å². The number of nitrogens with one attached hydrogen (secondary N) is 3. The quantitative estimate of drug-likeness (QED) is 0.263. The maximum atomic E-state index is 11.2. The summed E-state index contributed by atoms with van der Waals surface area (Å²) in [4.78, 5) is 25.4. The van der Waals surface area contributed by atoms with Crippen molar-refractivity contribution in [2.24, 2.45) is 0 Å². The maximum absolute atomic E-state index is 11.2. The Morgan fingerprint density at radius 3 is 3.00 bits per heavy atom. The first kappa shape index (κ1) is 21.0. The first-order valence-corrected chi connectivity index (χ1v) is 10.5. The molecule has 1 saturated heterocycles. The van der Waals surface area contributed by atoms with Gasteiger partial charge in [0.15, 0.2) is 11.5 Å². The van der Waals surface area contributed by atoms with E-state index in [0.717, 1.165) is 47.5 Å². The zero-order chi connectivity index (χ0) is 21.8. The van der Waals surface area contributed by atoms with Crippen molar-refractivity contribution in [1.82, 2.24) is 30.3 Å². The van der Waals surface area contributed by atoms with Gasteiger partial charge in [-0.2, -0.15) is 0 Å². The summed E-state index contributed by atoms with van der Waals surface area (Å²) >= 11 is 0. The van der Waals surface area contributed by atoms with E-state index in [4.69, 9.17) is 15.2 Å². The Morgan fingerprint density at radius 2 is 2.26 bits per heavy atom. The van der Waals surface area contributed by atoms with Crippen molar-refractivity contribution in [2.75, 3.05) is 11.9 Å². The average Bonchev–Trinajstić information content (AvgIpc) is 3.46. The molecule has 0 spiro atoms. The first-order chi connectivity index (χ1) is 15.0. The van der Waals surface area contributed by atoms with Gasteiger partial charge in [0.05, 0.1) is 12.4 Å². The normalized spacial score (nSPS) is 16.5. The molecule has 0 bridgehead atoms. The van der Waals surface area contributed by atoms with Crippen molar-refractivity contribution in [3.63, 3.8) is 0 Å². The number of nitrogens with zero attached hydrogens (tertiary/aromatic N) is 4. The van der Waals surface area contributed by atoms with E-state index >= 15 is 0 Å². The highest BCUT2D eigenvalue weighted by molar-refractivity contribution is 5.90. The summed E-state index contributed by atoms with van der Waals surface area (Å²) in [5.74, 6) is 0.941. The summed E-state index contributed by atoms with van der Waals surface area (Å²) in [7, 11) is 0. The van der Waals surface area contributed by atoms with Gasteiger partial charge in [0.2, 0.25) is 0 Å². The Hall–Kier alpha value is -3.30. The lowest BCUT2D eigenvalue weighted by atomic mass is 10.1. The Labute approximate surface area is 180 Å². The highest BCUT2D eigenvalue weighted by Gasteiger charge is 2.22. The van der Waals surface area contributed by atoms with Crippen LogP contribution >= 0.6 is 0 Å². The van der Waals surface area contributed by atoms with Gasteiger partial charge < -0.3 is 15.2 Å². The fraction of sp³-hybridized carbons (Fsp3) is 0.364. The number of aromatic nitrogens is 4. The van der Waals surface area contributed by atoms with Crippen LogP contribution in [0.5, 0.6) is 0 Å². The van der Waals surface area contributed by atoms with Crippen LogP contribution < -0.4 is 16.1 Å². The molecular formula is C22H27N7O2. The third-order valence-electron chi connectivity index (χ3n) is 5.32. The number of benzene rings is 1. The molecule has 162 valence electrons. The summed E-state index contributed by atoms with van der Waals surface area (Å²) in [5, 5.41) is 15.5. The molecule has 0 aliphatic carbocycles. The number of carbonyl (C=O) groups excluding carboxylic acids is 1. The zero-order valence-corrected chi connectivity index (χ0v) is 17.7. The maximum Gasteiger partial charge on any atom is 0.267 e. The molecule has 1 aliphatic rings. The van der Waals surface area contributed by atoms with E-state index in [-0.39, 0.29) is 12.1 Å². The van der Waals surface area contributed by atoms with E-state index in [2.05, 4.69) is 34.0 Å². The van der Waals surface area contributed by atoms with Crippen LogP contribution in [0.25, 0.3) is 17.2 Å². The predicted molar refractivity (Wildman–Crippen MR) is 118 cm³/mol. The molecule has 1 aliphatic heterocycles. The Morgan fingerprint density at radius 1 is 1.39 bits per heavy atom. The summed E-state index contributed by atoms with van der Waals surface area (Å²) in [5.41, 5.74) is 5.06. The third kappa shape index (κ3) is 4.73. The van der Waals surface area contributed by atoms with Gasteiger partial charge in [0.25, 0.3) is 5.91 Å². The molecule has 3 heterocycles. The molecule has 0 saturated carbocycles. The molecule has 1 atom stereocenters. The number of carbonyl (C=O) groups is 1. The summed E-state index contributed by atoms with van der Waals surface area (Å²) in [6, 6.07) is 8.19. The molecule has 1 unspecified atom stereocenters. The molecule has 31 heavy (non-hydrogen) atoms. The second-order valence-corrected chi connectivity index (χ2v) is 7.91. The molecule has 9 nitrogen and oxygen atoms in total. The van der Waals surface area contributed by atoms with Gasteiger partial charge >= 0.3 is 0 Å². The lowest BCUT2D eigenvalue weighted by molar-refractivity contribution is -0.124. The van der Waals surface area contributed by atoms with Crippen LogP contribution in [0.2, 0.25) is 0 Å². The average molecular weight is 422 g/mol. The molecule has 2 aromatic heterocycles. The van der Waals surface area contributed by atoms with Crippen molar-refractivity contribution in [3.05, 3.63) is 53.6 Å². The molecule has 1 fully saturated rings. The largest absolute Gasteiger partial charge is 0.364 e. The second-order valence-electron chi connectivity index (χ2n) is 7.91. The number of imidazole rings is 1. The summed E-state index contributed by atoms with van der Waals surface area (Å²) < 4.78 is 2.07. The number of hydrogen-bond acceptors (Lipinski definition) is 7. The fourth-order valence-electron chi connectivity index (χ4n) is 3.70. The van der Waals surface area contributed by atoms with Gasteiger partial charge in [-0.25, -0.2) is 20.4 Å². The minimum atomic E-state index is -0.569. The van der Waals surface area contributed by atoms with Crippen LogP contribution in [-0.2, 0) is 11.3 Å². The number of fused-ring (bicyclic) bond motifs is 1. The van der Waals surface area contributed by atoms with Gasteiger partial charge in [0, 0.05) is 18.7 Å². The van der Waals surface area contributed by atoms with E-state index in [0.29, 0.717) is 12.4 Å². The van der Waals surface area contributed by atoms with E-state index in [9.17, 15) is 4.79 Å². The zero-order valence-electron chi connectivity index (χ0n) is 17.7. The molecule has 3 aromatic rings. The van der Waals surface area contributed by atoms with Crippen LogP contribution in [0.1, 0.15) is 55.7 Å². The predicted octanol–water partition coefficient (Wildman–Crippen LogP) is 2.96. The monoisotopic (exact) mass is 421 g/mol. The van der Waals surface area contributed by atoms with Crippen molar-refractivity contribution >= 4 is 29.0 Å². The molecule has 0 radical (unpaired) electrons. The minimum Gasteiger partial charge on any atom is -0.364 e. The van der Waals surface area contributed by atoms with Gasteiger partial charge in [-0.3, -0.25) is 10.0 Å². The van der Waals surface area contributed by atoms with Crippen LogP contribution in [0.15, 0.2) is 36.7 Å². The molecule has 1 aromatic carbocycles. The SMILES string of the molecule is CC(C)n1cnc2c(NCc3cccc(/C=C/C(=O)NO)c3)nc(C3CCCN3)nc21. The van der Waals surface area contributed by atoms with Gasteiger partial charge in [-0.1, -0.05) is 18.2 Å². The van der Waals surface area contributed by atoms with Crippen LogP contribution in [-0.4, -0.2) is 37.2 Å². The molecule has 1 amide bonds. The van der Waals surface area contributed by atoms with Crippen molar-refractivity contribution < 1.29 is 10.0 Å². The number of anilines is 1. The minimum absolute atomic E-state index is 0.159. The number of hydroxylamine groups is 1. The molecule has 4 N–H and O–H groups in total. The second kappa shape index (κ2) is 9.23. The highest BCUT2D eigenvalue weighted by atomic mass is 16.5. The van der Waals surface area contributed by atoms with E-state index < -0.39 is 5.91 Å². The highest BCUT2D eigenvalue weighted by Crippen LogP contribution is 2.27. The third-order valence-corrected chi connectivity index (χ3v) is 5.32. The molecular weight excluding hydrogens is 394 g/mol. The number of hydrogen-bond donors (Lipinski definition) is 4. The lowest BCUT2D eigenvalue weighted by Crippen LogP contribution is -2.17. The first-order valence-electron chi connectivity index (χ1n) is 10.5. The van der Waals surface area contributed by atoms with Crippen LogP contribution in [0, 0.1) is 0 Å². The summed E-state index contributed by atoms with van der Waals surface area (Å²) in [6.07, 6.45) is 6.88. The van der Waals surface area contributed by atoms with E-state index in [1.54, 1.807) is 11.6 Å². The summed E-state index contributed by atoms with van der Waals surface area (Å²) in [6.45, 7) is 5.75. The number of amides is 1. The van der Waals surface area contributed by atoms with Gasteiger partial charge in [-0.15, -0.1) is 0 Å². The Kier molecular flexibility index (Phi) is 6.24. The fourth-order valence-corrected chi connectivity index (χ4v) is 3.70. The van der Waals surface area contributed by atoms with Crippen molar-refractivity contribution in [1.29, 1.82) is 0 Å². The van der Waals surface area contributed by atoms with Gasteiger partial charge in [-0.05, 0) is 56.5 Å². The van der Waals surface area contributed by atoms with Crippen LogP contribution in [0.4, 0.5) is 5.82 Å². The Balaban J connectivity index is 1.61.